The van der Waals surface area contributed by atoms with Crippen molar-refractivity contribution in [3.8, 4) is 0 Å². The smallest absolute Gasteiger partial charge is 0.292 e. The number of hydrogen-bond donors (Lipinski definition) is 0. The summed E-state index contributed by atoms with van der Waals surface area (Å²) in [5, 5.41) is 4.09. The maximum atomic E-state index is 14.6. The number of carbonyl (C=O) groups is 1. The average Bonchev–Trinajstić information content (AvgIpc) is 2.90. The van der Waals surface area contributed by atoms with Crippen LogP contribution in [0.3, 0.4) is 0 Å². The zero-order valence-corrected chi connectivity index (χ0v) is 15.6. The maximum Gasteiger partial charge on any atom is 0.292 e. The van der Waals surface area contributed by atoms with Gasteiger partial charge >= 0.3 is 0 Å². The summed E-state index contributed by atoms with van der Waals surface area (Å²) in [5.74, 6) is -4.46. The first-order valence-electron chi connectivity index (χ1n) is 7.71. The molecule has 8 heteroatoms. The van der Waals surface area contributed by atoms with E-state index in [-0.39, 0.29) is 16.9 Å². The molecule has 136 valence electrons. The molecule has 0 radical (unpaired) electrons. The van der Waals surface area contributed by atoms with Gasteiger partial charge in [0.15, 0.2) is 0 Å². The molecule has 4 nitrogen and oxygen atoms in total. The van der Waals surface area contributed by atoms with Gasteiger partial charge in [-0.25, -0.2) is 4.68 Å². The summed E-state index contributed by atoms with van der Waals surface area (Å²) in [4.78, 5) is 13.2. The number of rotatable bonds is 4. The minimum atomic E-state index is -3.35. The Bertz CT molecular complexity index is 968. The van der Waals surface area contributed by atoms with Crippen LogP contribution in [0.2, 0.25) is 0 Å². The number of amides is 1. The third-order valence-corrected chi connectivity index (χ3v) is 4.62. The summed E-state index contributed by atoms with van der Waals surface area (Å²) in [6.07, 6.45) is 0. The van der Waals surface area contributed by atoms with Gasteiger partial charge in [-0.2, -0.15) is 18.3 Å². The van der Waals surface area contributed by atoms with Crippen LogP contribution in [0.15, 0.2) is 46.9 Å². The zero-order chi connectivity index (χ0) is 19.1. The van der Waals surface area contributed by atoms with Crippen molar-refractivity contribution in [3.05, 3.63) is 64.0 Å². The Morgan fingerprint density at radius 3 is 2.42 bits per heavy atom. The van der Waals surface area contributed by atoms with E-state index in [0.717, 1.165) is 0 Å². The molecule has 0 aliphatic rings. The van der Waals surface area contributed by atoms with Gasteiger partial charge in [0.25, 0.3) is 11.8 Å². The molecule has 0 fully saturated rings. The molecule has 0 atom stereocenters. The number of carbonyl (C=O) groups excluding carboxylic acids is 1. The fraction of sp³-hybridized carbons (Fsp3) is 0.222. The molecule has 0 aliphatic heterocycles. The van der Waals surface area contributed by atoms with Gasteiger partial charge in [0.2, 0.25) is 5.95 Å². The molecule has 3 aromatic rings. The molecule has 0 bridgehead atoms. The molecular weight excluding hydrogens is 411 g/mol. The molecule has 1 heterocycles. The predicted molar refractivity (Wildman–Crippen MR) is 95.7 cm³/mol. The van der Waals surface area contributed by atoms with E-state index < -0.39 is 18.4 Å². The SMILES string of the molecule is CN(C)C(=O)c1ccc(C(F)(F)Cn2nc3cccc(Br)c3c2F)cc1. The number of alkyl halides is 2. The molecule has 0 saturated heterocycles. The van der Waals surface area contributed by atoms with E-state index in [2.05, 4.69) is 21.0 Å². The number of benzene rings is 2. The highest BCUT2D eigenvalue weighted by Gasteiger charge is 2.34. The predicted octanol–water partition coefficient (Wildman–Crippen LogP) is 4.43. The van der Waals surface area contributed by atoms with Gasteiger partial charge in [-0.15, -0.1) is 0 Å². The van der Waals surface area contributed by atoms with Crippen LogP contribution < -0.4 is 0 Å². The van der Waals surface area contributed by atoms with Crippen molar-refractivity contribution < 1.29 is 18.0 Å². The Morgan fingerprint density at radius 2 is 1.85 bits per heavy atom. The molecule has 2 aromatic carbocycles. The van der Waals surface area contributed by atoms with Crippen LogP contribution in [0.5, 0.6) is 0 Å². The van der Waals surface area contributed by atoms with E-state index in [1.165, 1.54) is 29.2 Å². The number of fused-ring (bicyclic) bond motifs is 1. The summed E-state index contributed by atoms with van der Waals surface area (Å²) in [7, 11) is 3.16. The Morgan fingerprint density at radius 1 is 1.19 bits per heavy atom. The van der Waals surface area contributed by atoms with Gasteiger partial charge in [-0.3, -0.25) is 4.79 Å². The third kappa shape index (κ3) is 3.33. The number of halogens is 4. The first-order valence-corrected chi connectivity index (χ1v) is 8.50. The Labute approximate surface area is 156 Å². The molecule has 26 heavy (non-hydrogen) atoms. The van der Waals surface area contributed by atoms with Crippen LogP contribution in [-0.2, 0) is 12.5 Å². The molecule has 1 amide bonds. The van der Waals surface area contributed by atoms with Crippen molar-refractivity contribution in [3.63, 3.8) is 0 Å². The second kappa shape index (κ2) is 6.75. The third-order valence-electron chi connectivity index (χ3n) is 3.96. The first-order chi connectivity index (χ1) is 12.2. The molecule has 0 N–H and O–H groups in total. The van der Waals surface area contributed by atoms with Crippen LogP contribution in [0.4, 0.5) is 13.2 Å². The number of nitrogens with zero attached hydrogens (tertiary/aromatic N) is 3. The fourth-order valence-electron chi connectivity index (χ4n) is 2.60. The van der Waals surface area contributed by atoms with Crippen molar-refractivity contribution in [2.75, 3.05) is 14.1 Å². The molecule has 0 aliphatic carbocycles. The van der Waals surface area contributed by atoms with Gasteiger partial charge in [-0.05, 0) is 40.2 Å². The lowest BCUT2D eigenvalue weighted by Crippen LogP contribution is -2.24. The van der Waals surface area contributed by atoms with Gasteiger partial charge in [0, 0.05) is 29.7 Å². The average molecular weight is 426 g/mol. The van der Waals surface area contributed by atoms with Crippen LogP contribution in [0.1, 0.15) is 15.9 Å². The lowest BCUT2D eigenvalue weighted by molar-refractivity contribution is -0.0281. The van der Waals surface area contributed by atoms with Crippen molar-refractivity contribution >= 4 is 32.7 Å². The quantitative estimate of drug-likeness (QED) is 0.619. The van der Waals surface area contributed by atoms with E-state index >= 15 is 0 Å². The topological polar surface area (TPSA) is 38.1 Å². The monoisotopic (exact) mass is 425 g/mol. The molecule has 1 aromatic heterocycles. The van der Waals surface area contributed by atoms with Gasteiger partial charge in [-0.1, -0.05) is 18.2 Å². The fourth-order valence-corrected chi connectivity index (χ4v) is 3.12. The summed E-state index contributed by atoms with van der Waals surface area (Å²) < 4.78 is 44.8. The zero-order valence-electron chi connectivity index (χ0n) is 14.0. The summed E-state index contributed by atoms with van der Waals surface area (Å²) in [6.45, 7) is -0.944. The van der Waals surface area contributed by atoms with E-state index in [0.29, 0.717) is 20.2 Å². The summed E-state index contributed by atoms with van der Waals surface area (Å²) in [6, 6.07) is 9.84. The van der Waals surface area contributed by atoms with Crippen molar-refractivity contribution in [2.45, 2.75) is 12.5 Å². The second-order valence-electron chi connectivity index (χ2n) is 6.06. The van der Waals surface area contributed by atoms with E-state index in [9.17, 15) is 18.0 Å². The molecule has 0 saturated carbocycles. The van der Waals surface area contributed by atoms with Crippen molar-refractivity contribution in [1.29, 1.82) is 0 Å². The van der Waals surface area contributed by atoms with Crippen LogP contribution in [0.25, 0.3) is 10.9 Å². The van der Waals surface area contributed by atoms with Crippen molar-refractivity contribution in [2.24, 2.45) is 0 Å². The second-order valence-corrected chi connectivity index (χ2v) is 6.92. The van der Waals surface area contributed by atoms with E-state index in [1.807, 2.05) is 0 Å². The minimum absolute atomic E-state index is 0.162. The van der Waals surface area contributed by atoms with Crippen LogP contribution in [-0.4, -0.2) is 34.7 Å². The lowest BCUT2D eigenvalue weighted by Gasteiger charge is -2.18. The van der Waals surface area contributed by atoms with Gasteiger partial charge in [0.05, 0.1) is 10.9 Å². The Balaban J connectivity index is 1.91. The largest absolute Gasteiger partial charge is 0.345 e. The Hall–Kier alpha value is -2.35. The highest BCUT2D eigenvalue weighted by molar-refractivity contribution is 9.10. The standard InChI is InChI=1S/C18H15BrF3N3O/c1-24(2)17(26)11-6-8-12(9-7-11)18(21,22)10-25-16(20)15-13(19)4-3-5-14(15)23-25/h3-9H,10H2,1-2H3. The van der Waals surface area contributed by atoms with E-state index in [4.69, 9.17) is 0 Å². The van der Waals surface area contributed by atoms with Crippen LogP contribution >= 0.6 is 15.9 Å². The minimum Gasteiger partial charge on any atom is -0.345 e. The highest BCUT2D eigenvalue weighted by atomic mass is 79.9. The summed E-state index contributed by atoms with van der Waals surface area (Å²) in [5.41, 5.74) is 0.278. The summed E-state index contributed by atoms with van der Waals surface area (Å²) >= 11 is 3.20. The molecule has 3 rings (SSSR count). The first kappa shape index (κ1) is 18.4. The molecular formula is C18H15BrF3N3O. The Kier molecular flexibility index (Phi) is 4.79. The highest BCUT2D eigenvalue weighted by Crippen LogP contribution is 2.32. The van der Waals surface area contributed by atoms with Crippen LogP contribution in [0, 0.1) is 5.95 Å². The van der Waals surface area contributed by atoms with E-state index in [1.54, 1.807) is 32.3 Å². The van der Waals surface area contributed by atoms with Gasteiger partial charge < -0.3 is 4.90 Å². The van der Waals surface area contributed by atoms with Crippen molar-refractivity contribution in [1.82, 2.24) is 14.7 Å². The maximum absolute atomic E-state index is 14.6. The number of aromatic nitrogens is 2. The number of hydrogen-bond acceptors (Lipinski definition) is 2. The lowest BCUT2D eigenvalue weighted by atomic mass is 10.1. The molecule has 0 spiro atoms. The molecule has 0 unspecified atom stereocenters. The van der Waals surface area contributed by atoms with Gasteiger partial charge in [0.1, 0.15) is 6.54 Å². The normalized spacial score (nSPS) is 11.8.